The minimum atomic E-state index is -1.01. The molecular weight excluding hydrogens is 354 g/mol. The summed E-state index contributed by atoms with van der Waals surface area (Å²) in [5.74, 6) is -0.306. The second-order valence-electron chi connectivity index (χ2n) is 5.60. The normalized spacial score (nSPS) is 11.5. The van der Waals surface area contributed by atoms with E-state index in [4.69, 9.17) is 4.74 Å². The summed E-state index contributed by atoms with van der Waals surface area (Å²) in [5.41, 5.74) is 0.728. The van der Waals surface area contributed by atoms with E-state index in [0.29, 0.717) is 10.6 Å². The third kappa shape index (κ3) is 3.27. The average molecular weight is 370 g/mol. The maximum absolute atomic E-state index is 11.5. The van der Waals surface area contributed by atoms with Crippen molar-refractivity contribution in [3.8, 4) is 16.2 Å². The van der Waals surface area contributed by atoms with Crippen LogP contribution in [0.3, 0.4) is 0 Å². The smallest absolute Gasteiger partial charge is 0.356 e. The third-order valence-corrected chi connectivity index (χ3v) is 5.04. The molecule has 0 aliphatic rings. The number of rotatable bonds is 3. The molecule has 4 nitrogen and oxygen atoms in total. The first-order chi connectivity index (χ1) is 9.74. The number of hydrogen-bond donors (Lipinski definition) is 1. The fourth-order valence-corrected chi connectivity index (χ4v) is 3.44. The van der Waals surface area contributed by atoms with Crippen LogP contribution in [0.5, 0.6) is 5.75 Å². The summed E-state index contributed by atoms with van der Waals surface area (Å²) >= 11 is 4.84. The minimum Gasteiger partial charge on any atom is -0.496 e. The summed E-state index contributed by atoms with van der Waals surface area (Å²) in [6.07, 6.45) is 0. The highest BCUT2D eigenvalue weighted by Crippen LogP contribution is 2.38. The molecule has 0 unspecified atom stereocenters. The van der Waals surface area contributed by atoms with Gasteiger partial charge < -0.3 is 9.84 Å². The van der Waals surface area contributed by atoms with Crippen molar-refractivity contribution in [2.24, 2.45) is 0 Å². The van der Waals surface area contributed by atoms with Crippen LogP contribution in [0, 0.1) is 0 Å². The Kier molecular flexibility index (Phi) is 4.39. The molecule has 0 bridgehead atoms. The second-order valence-corrected chi connectivity index (χ2v) is 7.45. The van der Waals surface area contributed by atoms with Crippen LogP contribution in [0.1, 0.15) is 36.3 Å². The lowest BCUT2D eigenvalue weighted by Gasteiger charge is -2.13. The molecule has 0 saturated carbocycles. The number of nitrogens with zero attached hydrogens (tertiary/aromatic N) is 1. The Balaban J connectivity index is 2.60. The van der Waals surface area contributed by atoms with Crippen LogP contribution in [-0.4, -0.2) is 23.2 Å². The Hall–Kier alpha value is -1.40. The number of carbonyl (C=O) groups is 1. The van der Waals surface area contributed by atoms with E-state index in [1.165, 1.54) is 11.3 Å². The first-order valence-corrected chi connectivity index (χ1v) is 7.93. The molecule has 0 amide bonds. The van der Waals surface area contributed by atoms with Crippen LogP contribution in [0.15, 0.2) is 22.7 Å². The fraction of sp³-hybridized carbons (Fsp3) is 0.333. The van der Waals surface area contributed by atoms with Gasteiger partial charge in [0.05, 0.1) is 21.5 Å². The van der Waals surface area contributed by atoms with Gasteiger partial charge in [-0.1, -0.05) is 20.8 Å². The molecule has 1 heterocycles. The quantitative estimate of drug-likeness (QED) is 0.859. The number of carboxylic acids is 1. The fourth-order valence-electron chi connectivity index (χ4n) is 1.79. The molecular formula is C15H16BrNO3S. The zero-order chi connectivity index (χ0) is 15.8. The highest BCUT2D eigenvalue weighted by Gasteiger charge is 2.25. The molecule has 0 saturated heterocycles. The lowest BCUT2D eigenvalue weighted by atomic mass is 9.98. The highest BCUT2D eigenvalue weighted by atomic mass is 79.9. The van der Waals surface area contributed by atoms with Crippen LogP contribution >= 0.6 is 27.3 Å². The van der Waals surface area contributed by atoms with Gasteiger partial charge in [0.15, 0.2) is 5.69 Å². The number of carboxylic acid groups (broad SMARTS) is 1. The van der Waals surface area contributed by atoms with Gasteiger partial charge in [0, 0.05) is 5.41 Å². The molecule has 0 aliphatic heterocycles. The van der Waals surface area contributed by atoms with Crippen molar-refractivity contribution in [2.45, 2.75) is 26.2 Å². The number of hydrogen-bond acceptors (Lipinski definition) is 4. The zero-order valence-electron chi connectivity index (χ0n) is 12.2. The van der Waals surface area contributed by atoms with Crippen LogP contribution in [0.2, 0.25) is 0 Å². The Morgan fingerprint density at radius 2 is 2.05 bits per heavy atom. The van der Waals surface area contributed by atoms with Crippen LogP contribution in [0.25, 0.3) is 10.4 Å². The van der Waals surface area contributed by atoms with E-state index in [9.17, 15) is 9.90 Å². The molecule has 1 aromatic heterocycles. The maximum atomic E-state index is 11.5. The van der Waals surface area contributed by atoms with Crippen LogP contribution in [0.4, 0.5) is 0 Å². The second kappa shape index (κ2) is 5.77. The molecule has 112 valence electrons. The maximum Gasteiger partial charge on any atom is 0.356 e. The molecule has 6 heteroatoms. The van der Waals surface area contributed by atoms with Crippen molar-refractivity contribution in [3.63, 3.8) is 0 Å². The van der Waals surface area contributed by atoms with Gasteiger partial charge in [-0.2, -0.15) is 0 Å². The van der Waals surface area contributed by atoms with Crippen LogP contribution < -0.4 is 4.74 Å². The van der Waals surface area contributed by atoms with E-state index >= 15 is 0 Å². The van der Waals surface area contributed by atoms with E-state index < -0.39 is 5.97 Å². The molecule has 0 aliphatic carbocycles. The van der Waals surface area contributed by atoms with Gasteiger partial charge in [-0.15, -0.1) is 11.3 Å². The summed E-state index contributed by atoms with van der Waals surface area (Å²) in [7, 11) is 1.59. The largest absolute Gasteiger partial charge is 0.496 e. The van der Waals surface area contributed by atoms with Gasteiger partial charge in [-0.05, 0) is 39.7 Å². The Labute approximate surface area is 135 Å². The molecule has 2 aromatic rings. The van der Waals surface area contributed by atoms with E-state index in [0.717, 1.165) is 15.0 Å². The number of benzene rings is 1. The molecule has 21 heavy (non-hydrogen) atoms. The van der Waals surface area contributed by atoms with Crippen LogP contribution in [-0.2, 0) is 5.41 Å². The molecule has 0 fully saturated rings. The molecule has 0 radical (unpaired) electrons. The molecule has 0 atom stereocenters. The number of thiazole rings is 1. The van der Waals surface area contributed by atoms with Crippen molar-refractivity contribution >= 4 is 33.2 Å². The Morgan fingerprint density at radius 3 is 2.52 bits per heavy atom. The van der Waals surface area contributed by atoms with Gasteiger partial charge in [-0.25, -0.2) is 9.78 Å². The number of halogens is 1. The standard InChI is InChI=1S/C15H16BrNO3S/c1-15(2,3)14-17-11(13(18)19)12(21-14)8-5-6-10(20-4)9(16)7-8/h5-7H,1-4H3,(H,18,19). The monoisotopic (exact) mass is 369 g/mol. The number of aromatic carboxylic acids is 1. The van der Waals surface area contributed by atoms with E-state index in [1.807, 2.05) is 39.0 Å². The summed E-state index contributed by atoms with van der Waals surface area (Å²) in [5, 5.41) is 10.2. The van der Waals surface area contributed by atoms with Gasteiger partial charge in [0.1, 0.15) is 5.75 Å². The van der Waals surface area contributed by atoms with E-state index in [-0.39, 0.29) is 11.1 Å². The first kappa shape index (κ1) is 16.0. The molecule has 0 spiro atoms. The van der Waals surface area contributed by atoms with Crippen molar-refractivity contribution in [3.05, 3.63) is 33.4 Å². The van der Waals surface area contributed by atoms with Crippen molar-refractivity contribution in [2.75, 3.05) is 7.11 Å². The summed E-state index contributed by atoms with van der Waals surface area (Å²) in [4.78, 5) is 16.4. The first-order valence-electron chi connectivity index (χ1n) is 6.32. The summed E-state index contributed by atoms with van der Waals surface area (Å²) < 4.78 is 5.98. The predicted octanol–water partition coefficient (Wildman–Crippen LogP) is 4.58. The number of methoxy groups -OCH3 is 1. The number of ether oxygens (including phenoxy) is 1. The topological polar surface area (TPSA) is 59.4 Å². The molecule has 1 aromatic carbocycles. The molecule has 2 rings (SSSR count). The lowest BCUT2D eigenvalue weighted by Crippen LogP contribution is -2.11. The lowest BCUT2D eigenvalue weighted by molar-refractivity contribution is 0.0692. The van der Waals surface area contributed by atoms with Gasteiger partial charge in [0.2, 0.25) is 0 Å². The average Bonchev–Trinajstić information content (AvgIpc) is 2.83. The Morgan fingerprint density at radius 1 is 1.38 bits per heavy atom. The van der Waals surface area contributed by atoms with Crippen molar-refractivity contribution in [1.29, 1.82) is 0 Å². The van der Waals surface area contributed by atoms with Crippen molar-refractivity contribution < 1.29 is 14.6 Å². The summed E-state index contributed by atoms with van der Waals surface area (Å²) in [6.45, 7) is 6.06. The Bertz CT molecular complexity index is 689. The SMILES string of the molecule is COc1ccc(-c2sc(C(C)(C)C)nc2C(=O)O)cc1Br. The zero-order valence-corrected chi connectivity index (χ0v) is 14.6. The van der Waals surface area contributed by atoms with Gasteiger partial charge in [-0.3, -0.25) is 0 Å². The summed E-state index contributed by atoms with van der Waals surface area (Å²) in [6, 6.07) is 5.50. The third-order valence-electron chi connectivity index (χ3n) is 2.89. The predicted molar refractivity (Wildman–Crippen MR) is 87.5 cm³/mol. The highest BCUT2D eigenvalue weighted by molar-refractivity contribution is 9.10. The molecule has 1 N–H and O–H groups in total. The van der Waals surface area contributed by atoms with Crippen molar-refractivity contribution in [1.82, 2.24) is 4.98 Å². The van der Waals surface area contributed by atoms with Gasteiger partial charge >= 0.3 is 5.97 Å². The van der Waals surface area contributed by atoms with E-state index in [2.05, 4.69) is 20.9 Å². The van der Waals surface area contributed by atoms with E-state index in [1.54, 1.807) is 7.11 Å². The number of aromatic nitrogens is 1. The van der Waals surface area contributed by atoms with Gasteiger partial charge in [0.25, 0.3) is 0 Å². The minimum absolute atomic E-state index is 0.0991.